The molecule has 0 saturated carbocycles. The third kappa shape index (κ3) is 4.52. The summed E-state index contributed by atoms with van der Waals surface area (Å²) in [5.41, 5.74) is 8.73. The number of furan rings is 2. The summed E-state index contributed by atoms with van der Waals surface area (Å²) < 4.78 is 14.8. The zero-order valence-corrected chi connectivity index (χ0v) is 26.0. The van der Waals surface area contributed by atoms with Gasteiger partial charge >= 0.3 is 0 Å². The van der Waals surface area contributed by atoms with Crippen LogP contribution < -0.4 is 4.90 Å². The molecule has 0 aliphatic rings. The lowest BCUT2D eigenvalue weighted by Gasteiger charge is -2.30. The Bertz CT molecular complexity index is 2340. The van der Waals surface area contributed by atoms with Gasteiger partial charge in [-0.05, 0) is 72.4 Å². The Morgan fingerprint density at radius 3 is 2.16 bits per heavy atom. The predicted octanol–water partition coefficient (Wildman–Crippen LogP) is 11.4. The third-order valence-corrected chi connectivity index (χ3v) is 9.28. The highest BCUT2D eigenvalue weighted by molar-refractivity contribution is 7.25. The summed E-state index contributed by atoms with van der Waals surface area (Å²) in [5, 5.41) is 21.6. The maximum Gasteiger partial charge on any atom is 0.181 e. The van der Waals surface area contributed by atoms with Crippen molar-refractivity contribution in [1.29, 1.82) is 10.5 Å². The molecule has 0 unspecified atom stereocenters. The fourth-order valence-electron chi connectivity index (χ4n) is 6.00. The average molecular weight is 592 g/mol. The molecule has 0 aliphatic carbocycles. The quantitative estimate of drug-likeness (QED) is 0.190. The lowest BCUT2D eigenvalue weighted by molar-refractivity contribution is 0.589. The van der Waals surface area contributed by atoms with Gasteiger partial charge in [0, 0.05) is 49.8 Å². The van der Waals surface area contributed by atoms with E-state index in [9.17, 15) is 0 Å². The van der Waals surface area contributed by atoms with E-state index in [2.05, 4.69) is 106 Å². The van der Waals surface area contributed by atoms with Crippen LogP contribution in [0.1, 0.15) is 43.2 Å². The molecule has 0 aliphatic heterocycles. The Hall–Kier alpha value is -5.30. The molecule has 0 bridgehead atoms. The standard InChI is InChI=1S/C38H29N3O2S/c1-22-14-25(38(3,4)5)15-23(2)36(22)41(26-11-13-35-31(17-26)29-8-6-7-9-34(29)44-35)27-10-12-30-32(18-27)43-33-19-28(42-37(30)33)16-24(20-39)21-40/h6-19H,1-5H3. The number of allylic oxidation sites excluding steroid dienone is 1. The molecule has 214 valence electrons. The van der Waals surface area contributed by atoms with Gasteiger partial charge in [0.15, 0.2) is 11.2 Å². The van der Waals surface area contributed by atoms with E-state index in [-0.39, 0.29) is 11.0 Å². The monoisotopic (exact) mass is 591 g/mol. The number of anilines is 3. The van der Waals surface area contributed by atoms with Crippen LogP contribution in [0.15, 0.2) is 93.3 Å². The van der Waals surface area contributed by atoms with Gasteiger partial charge in [0.1, 0.15) is 29.1 Å². The van der Waals surface area contributed by atoms with Gasteiger partial charge in [-0.25, -0.2) is 0 Å². The first-order valence-electron chi connectivity index (χ1n) is 14.5. The SMILES string of the molecule is Cc1cc(C(C)(C)C)cc(C)c1N(c1ccc2c(c1)oc1cc(C=C(C#N)C#N)oc12)c1ccc2sc3ccccc3c2c1. The Kier molecular flexibility index (Phi) is 6.36. The highest BCUT2D eigenvalue weighted by Crippen LogP contribution is 2.45. The Morgan fingerprint density at radius 2 is 1.43 bits per heavy atom. The molecule has 0 spiro atoms. The number of fused-ring (bicyclic) bond motifs is 6. The molecule has 6 heteroatoms. The molecule has 44 heavy (non-hydrogen) atoms. The van der Waals surface area contributed by atoms with Gasteiger partial charge in [-0.15, -0.1) is 11.3 Å². The van der Waals surface area contributed by atoms with Crippen molar-refractivity contribution in [2.24, 2.45) is 0 Å². The van der Waals surface area contributed by atoms with Gasteiger partial charge < -0.3 is 13.7 Å². The van der Waals surface area contributed by atoms with Crippen molar-refractivity contribution >= 4 is 76.8 Å². The van der Waals surface area contributed by atoms with Crippen LogP contribution in [0.2, 0.25) is 0 Å². The second-order valence-corrected chi connectivity index (χ2v) is 13.3. The second-order valence-electron chi connectivity index (χ2n) is 12.2. The number of benzene rings is 4. The molecule has 7 aromatic rings. The lowest BCUT2D eigenvalue weighted by Crippen LogP contribution is -2.16. The number of rotatable bonds is 4. The van der Waals surface area contributed by atoms with E-state index in [0.717, 1.165) is 22.4 Å². The maximum atomic E-state index is 9.14. The normalized spacial score (nSPS) is 11.7. The van der Waals surface area contributed by atoms with Gasteiger partial charge in [-0.1, -0.05) is 51.1 Å². The smallest absolute Gasteiger partial charge is 0.181 e. The number of nitrogens with zero attached hydrogens (tertiary/aromatic N) is 3. The summed E-state index contributed by atoms with van der Waals surface area (Å²) >= 11 is 1.81. The molecular formula is C38H29N3O2S. The zero-order valence-electron chi connectivity index (χ0n) is 25.1. The zero-order chi connectivity index (χ0) is 30.7. The largest absolute Gasteiger partial charge is 0.452 e. The van der Waals surface area contributed by atoms with Crippen LogP contribution in [-0.4, -0.2) is 0 Å². The van der Waals surface area contributed by atoms with Gasteiger partial charge in [-0.3, -0.25) is 0 Å². The van der Waals surface area contributed by atoms with E-state index in [1.165, 1.54) is 42.9 Å². The number of thiophene rings is 1. The molecule has 4 aromatic carbocycles. The molecule has 0 radical (unpaired) electrons. The van der Waals surface area contributed by atoms with Gasteiger partial charge in [0.2, 0.25) is 0 Å². The molecule has 0 fully saturated rings. The molecule has 3 aromatic heterocycles. The van der Waals surface area contributed by atoms with E-state index in [1.54, 1.807) is 6.07 Å². The van der Waals surface area contributed by atoms with Crippen molar-refractivity contribution < 1.29 is 8.83 Å². The molecule has 0 N–H and O–H groups in total. The molecule has 0 atom stereocenters. The first-order chi connectivity index (χ1) is 21.1. The number of hydrogen-bond acceptors (Lipinski definition) is 6. The number of aryl methyl sites for hydroxylation is 2. The topological polar surface area (TPSA) is 77.1 Å². The van der Waals surface area contributed by atoms with Crippen molar-refractivity contribution in [3.63, 3.8) is 0 Å². The minimum atomic E-state index is -0.0257. The van der Waals surface area contributed by atoms with Gasteiger partial charge in [0.25, 0.3) is 0 Å². The molecule has 3 heterocycles. The van der Waals surface area contributed by atoms with E-state index < -0.39 is 0 Å². The van der Waals surface area contributed by atoms with Crippen LogP contribution in [0.4, 0.5) is 17.1 Å². The second kappa shape index (κ2) is 10.2. The summed E-state index contributed by atoms with van der Waals surface area (Å²) in [7, 11) is 0. The fraction of sp³-hybridized carbons (Fsp3) is 0.158. The molecule has 7 rings (SSSR count). The summed E-state index contributed by atoms with van der Waals surface area (Å²) in [5.74, 6) is 0.408. The van der Waals surface area contributed by atoms with Crippen molar-refractivity contribution in [1.82, 2.24) is 0 Å². The lowest BCUT2D eigenvalue weighted by atomic mass is 9.84. The van der Waals surface area contributed by atoms with Crippen LogP contribution in [0.3, 0.4) is 0 Å². The van der Waals surface area contributed by atoms with E-state index in [4.69, 9.17) is 19.4 Å². The van der Waals surface area contributed by atoms with Crippen LogP contribution in [0.25, 0.3) is 48.4 Å². The number of hydrogen-bond donors (Lipinski definition) is 0. The summed E-state index contributed by atoms with van der Waals surface area (Å²) in [4.78, 5) is 2.33. The van der Waals surface area contributed by atoms with Gasteiger partial charge in [0.05, 0.1) is 11.1 Å². The van der Waals surface area contributed by atoms with Crippen LogP contribution in [-0.2, 0) is 5.41 Å². The molecule has 0 saturated heterocycles. The van der Waals surface area contributed by atoms with Crippen LogP contribution >= 0.6 is 11.3 Å². The van der Waals surface area contributed by atoms with Gasteiger partial charge in [-0.2, -0.15) is 10.5 Å². The minimum absolute atomic E-state index is 0.0257. The third-order valence-electron chi connectivity index (χ3n) is 8.13. The first-order valence-corrected chi connectivity index (χ1v) is 15.3. The van der Waals surface area contributed by atoms with Crippen LogP contribution in [0.5, 0.6) is 0 Å². The predicted molar refractivity (Wildman–Crippen MR) is 181 cm³/mol. The van der Waals surface area contributed by atoms with E-state index in [0.29, 0.717) is 22.5 Å². The molecular weight excluding hydrogens is 563 g/mol. The fourth-order valence-corrected chi connectivity index (χ4v) is 7.09. The van der Waals surface area contributed by atoms with E-state index in [1.807, 2.05) is 29.5 Å². The Morgan fingerprint density at radius 1 is 0.750 bits per heavy atom. The Labute approximate surface area is 259 Å². The molecule has 0 amide bonds. The van der Waals surface area contributed by atoms with Crippen molar-refractivity contribution in [3.05, 3.63) is 107 Å². The average Bonchev–Trinajstić information content (AvgIpc) is 3.67. The number of nitriles is 2. The van der Waals surface area contributed by atoms with Crippen molar-refractivity contribution in [2.45, 2.75) is 40.0 Å². The maximum absolute atomic E-state index is 9.14. The first kappa shape index (κ1) is 27.5. The minimum Gasteiger partial charge on any atom is -0.452 e. The van der Waals surface area contributed by atoms with Crippen molar-refractivity contribution in [2.75, 3.05) is 4.90 Å². The molecule has 5 nitrogen and oxygen atoms in total. The highest BCUT2D eigenvalue weighted by Gasteiger charge is 2.23. The highest BCUT2D eigenvalue weighted by atomic mass is 32.1. The van der Waals surface area contributed by atoms with E-state index >= 15 is 0 Å². The van der Waals surface area contributed by atoms with Crippen LogP contribution in [0, 0.1) is 36.5 Å². The summed E-state index contributed by atoms with van der Waals surface area (Å²) in [6, 6.07) is 31.5. The summed E-state index contributed by atoms with van der Waals surface area (Å²) in [6.07, 6.45) is 1.43. The summed E-state index contributed by atoms with van der Waals surface area (Å²) in [6.45, 7) is 11.1. The Balaban J connectivity index is 1.43. The van der Waals surface area contributed by atoms with Crippen molar-refractivity contribution in [3.8, 4) is 12.1 Å².